The quantitative estimate of drug-likeness (QED) is 0.304. The van der Waals surface area contributed by atoms with Crippen molar-refractivity contribution in [1.82, 2.24) is 9.55 Å². The molecule has 0 atom stereocenters. The van der Waals surface area contributed by atoms with E-state index in [1.165, 1.54) is 5.56 Å². The Hall–Kier alpha value is -2.44. The minimum atomic E-state index is -0.0137. The van der Waals surface area contributed by atoms with Crippen LogP contribution in [-0.2, 0) is 13.0 Å². The Bertz CT molecular complexity index is 1230. The summed E-state index contributed by atoms with van der Waals surface area (Å²) in [4.78, 5) is 18.0. The molecule has 0 bridgehead atoms. The van der Waals surface area contributed by atoms with Gasteiger partial charge in [0.1, 0.15) is 5.82 Å². The summed E-state index contributed by atoms with van der Waals surface area (Å²) in [5.41, 5.74) is 2.89. The van der Waals surface area contributed by atoms with Crippen molar-refractivity contribution >= 4 is 57.2 Å². The average Bonchev–Trinajstić information content (AvgIpc) is 2.74. The Morgan fingerprint density at radius 2 is 1.72 bits per heavy atom. The zero-order valence-corrected chi connectivity index (χ0v) is 18.5. The van der Waals surface area contributed by atoms with E-state index in [2.05, 4.69) is 34.7 Å². The predicted octanol–water partition coefficient (Wildman–Crippen LogP) is 6.07. The van der Waals surface area contributed by atoms with Gasteiger partial charge in [0.15, 0.2) is 0 Å². The normalized spacial score (nSPS) is 11.4. The molecule has 0 saturated heterocycles. The Morgan fingerprint density at radius 1 is 0.966 bits per heavy atom. The van der Waals surface area contributed by atoms with Crippen molar-refractivity contribution in [1.29, 1.82) is 0 Å². The minimum absolute atomic E-state index is 0.0137. The molecule has 4 aromatic rings. The molecular weight excluding hydrogens is 495 g/mol. The van der Waals surface area contributed by atoms with E-state index >= 15 is 0 Å². The van der Waals surface area contributed by atoms with Crippen molar-refractivity contribution in [3.8, 4) is 0 Å². The van der Waals surface area contributed by atoms with E-state index in [0.29, 0.717) is 28.3 Å². The van der Waals surface area contributed by atoms with Gasteiger partial charge in [0, 0.05) is 15.1 Å². The SMILES string of the molecule is O=c1c2cc(I)ccc2nc(/C=C/c2ccc(Cl)cc2)n1CCc1ccccc1. The third kappa shape index (κ3) is 4.77. The maximum atomic E-state index is 13.2. The molecule has 0 radical (unpaired) electrons. The number of halogens is 2. The van der Waals surface area contributed by atoms with Crippen LogP contribution in [0.25, 0.3) is 23.1 Å². The first-order valence-electron chi connectivity index (χ1n) is 9.28. The lowest BCUT2D eigenvalue weighted by atomic mass is 10.1. The molecule has 0 amide bonds. The van der Waals surface area contributed by atoms with Crippen LogP contribution in [-0.4, -0.2) is 9.55 Å². The number of nitrogens with zero attached hydrogens (tertiary/aromatic N) is 2. The Kier molecular flexibility index (Phi) is 6.11. The molecule has 0 N–H and O–H groups in total. The molecule has 0 saturated carbocycles. The summed E-state index contributed by atoms with van der Waals surface area (Å²) in [5, 5.41) is 1.34. The van der Waals surface area contributed by atoms with E-state index in [4.69, 9.17) is 16.6 Å². The minimum Gasteiger partial charge on any atom is -0.292 e. The van der Waals surface area contributed by atoms with E-state index < -0.39 is 0 Å². The molecular formula is C24H18ClIN2O. The van der Waals surface area contributed by atoms with Gasteiger partial charge in [0.2, 0.25) is 0 Å². The third-order valence-corrected chi connectivity index (χ3v) is 5.63. The highest BCUT2D eigenvalue weighted by molar-refractivity contribution is 14.1. The van der Waals surface area contributed by atoms with E-state index in [1.807, 2.05) is 72.8 Å². The molecule has 144 valence electrons. The highest BCUT2D eigenvalue weighted by Crippen LogP contribution is 2.16. The van der Waals surface area contributed by atoms with Gasteiger partial charge in [0.05, 0.1) is 10.9 Å². The summed E-state index contributed by atoms with van der Waals surface area (Å²) < 4.78 is 2.78. The van der Waals surface area contributed by atoms with Crippen molar-refractivity contribution in [3.05, 3.63) is 109 Å². The van der Waals surface area contributed by atoms with E-state index in [1.54, 1.807) is 4.57 Å². The molecule has 0 spiro atoms. The number of benzene rings is 3. The smallest absolute Gasteiger partial charge is 0.261 e. The number of aromatic nitrogens is 2. The largest absolute Gasteiger partial charge is 0.292 e. The average molecular weight is 513 g/mol. The molecule has 3 aromatic carbocycles. The summed E-state index contributed by atoms with van der Waals surface area (Å²) in [6.07, 6.45) is 4.61. The van der Waals surface area contributed by atoms with Gasteiger partial charge in [-0.3, -0.25) is 9.36 Å². The molecule has 5 heteroatoms. The van der Waals surface area contributed by atoms with E-state index in [9.17, 15) is 4.79 Å². The van der Waals surface area contributed by atoms with Crippen molar-refractivity contribution in [2.75, 3.05) is 0 Å². The van der Waals surface area contributed by atoms with Crippen LogP contribution < -0.4 is 5.56 Å². The number of hydrogen-bond donors (Lipinski definition) is 0. The van der Waals surface area contributed by atoms with E-state index in [-0.39, 0.29) is 5.56 Å². The van der Waals surface area contributed by atoms with Gasteiger partial charge in [-0.05, 0) is 76.5 Å². The lowest BCUT2D eigenvalue weighted by molar-refractivity contribution is 0.655. The van der Waals surface area contributed by atoms with Crippen molar-refractivity contribution in [3.63, 3.8) is 0 Å². The van der Waals surface area contributed by atoms with Crippen LogP contribution in [0.15, 0.2) is 77.6 Å². The lowest BCUT2D eigenvalue weighted by Crippen LogP contribution is -2.25. The van der Waals surface area contributed by atoms with Gasteiger partial charge in [-0.25, -0.2) is 4.98 Å². The van der Waals surface area contributed by atoms with Crippen LogP contribution in [0.1, 0.15) is 17.0 Å². The maximum absolute atomic E-state index is 13.2. The predicted molar refractivity (Wildman–Crippen MR) is 129 cm³/mol. The number of hydrogen-bond acceptors (Lipinski definition) is 2. The van der Waals surface area contributed by atoms with Crippen LogP contribution in [0.2, 0.25) is 5.02 Å². The van der Waals surface area contributed by atoms with Crippen molar-refractivity contribution in [2.24, 2.45) is 0 Å². The Morgan fingerprint density at radius 3 is 2.48 bits per heavy atom. The molecule has 0 unspecified atom stereocenters. The van der Waals surface area contributed by atoms with E-state index in [0.717, 1.165) is 15.6 Å². The Balaban J connectivity index is 1.76. The van der Waals surface area contributed by atoms with Gasteiger partial charge >= 0.3 is 0 Å². The molecule has 29 heavy (non-hydrogen) atoms. The first-order chi connectivity index (χ1) is 14.1. The second-order valence-corrected chi connectivity index (χ2v) is 8.39. The summed E-state index contributed by atoms with van der Waals surface area (Å²) in [6.45, 7) is 0.567. The fraction of sp³-hybridized carbons (Fsp3) is 0.0833. The molecule has 3 nitrogen and oxygen atoms in total. The Labute approximate surface area is 187 Å². The van der Waals surface area contributed by atoms with Gasteiger partial charge in [0.25, 0.3) is 5.56 Å². The molecule has 4 rings (SSSR count). The summed E-state index contributed by atoms with van der Waals surface area (Å²) >= 11 is 8.19. The topological polar surface area (TPSA) is 34.9 Å². The molecule has 1 heterocycles. The third-order valence-electron chi connectivity index (χ3n) is 4.71. The zero-order valence-electron chi connectivity index (χ0n) is 15.6. The van der Waals surface area contributed by atoms with Crippen LogP contribution in [0.3, 0.4) is 0 Å². The van der Waals surface area contributed by atoms with Gasteiger partial charge in [-0.2, -0.15) is 0 Å². The molecule has 1 aromatic heterocycles. The molecule has 0 aliphatic rings. The van der Waals surface area contributed by atoms with Gasteiger partial charge < -0.3 is 0 Å². The monoisotopic (exact) mass is 512 g/mol. The van der Waals surface area contributed by atoms with Crippen LogP contribution in [0.5, 0.6) is 0 Å². The first kappa shape index (κ1) is 19.9. The standard InChI is InChI=1S/C24H18ClIN2O/c25-19-9-6-18(7-10-19)8-13-23-27-22-12-11-20(26)16-21(22)24(29)28(23)15-14-17-4-2-1-3-5-17/h1-13,16H,14-15H2/b13-8+. The molecule has 0 aliphatic carbocycles. The van der Waals surface area contributed by atoms with Crippen molar-refractivity contribution < 1.29 is 0 Å². The maximum Gasteiger partial charge on any atom is 0.261 e. The first-order valence-corrected chi connectivity index (χ1v) is 10.7. The molecule has 0 aliphatic heterocycles. The van der Waals surface area contributed by atoms with Crippen LogP contribution in [0, 0.1) is 3.57 Å². The number of rotatable bonds is 5. The summed E-state index contributed by atoms with van der Waals surface area (Å²) in [5.74, 6) is 0.648. The van der Waals surface area contributed by atoms with Gasteiger partial charge in [-0.15, -0.1) is 0 Å². The summed E-state index contributed by atoms with van der Waals surface area (Å²) in [7, 11) is 0. The number of aryl methyl sites for hydroxylation is 1. The second-order valence-electron chi connectivity index (χ2n) is 6.71. The van der Waals surface area contributed by atoms with Crippen molar-refractivity contribution in [2.45, 2.75) is 13.0 Å². The van der Waals surface area contributed by atoms with Crippen LogP contribution in [0.4, 0.5) is 0 Å². The highest BCUT2D eigenvalue weighted by atomic mass is 127. The van der Waals surface area contributed by atoms with Crippen LogP contribution >= 0.6 is 34.2 Å². The molecule has 0 fully saturated rings. The zero-order chi connectivity index (χ0) is 20.2. The fourth-order valence-corrected chi connectivity index (χ4v) is 3.80. The second kappa shape index (κ2) is 8.93. The summed E-state index contributed by atoms with van der Waals surface area (Å²) in [6, 6.07) is 23.5. The number of fused-ring (bicyclic) bond motifs is 1. The fourth-order valence-electron chi connectivity index (χ4n) is 3.18. The van der Waals surface area contributed by atoms with Gasteiger partial charge in [-0.1, -0.05) is 60.1 Å². The lowest BCUT2D eigenvalue weighted by Gasteiger charge is -2.12. The highest BCUT2D eigenvalue weighted by Gasteiger charge is 2.10.